The number of imidazole rings is 1. The van der Waals surface area contributed by atoms with Crippen molar-refractivity contribution in [2.75, 3.05) is 30.7 Å². The molecule has 0 atom stereocenters. The summed E-state index contributed by atoms with van der Waals surface area (Å²) < 4.78 is 30.0. The van der Waals surface area contributed by atoms with Gasteiger partial charge in [0, 0.05) is 25.0 Å². The first-order valence-corrected chi connectivity index (χ1v) is 12.2. The molecule has 0 aliphatic carbocycles. The summed E-state index contributed by atoms with van der Waals surface area (Å²) in [5, 5.41) is 13.2. The van der Waals surface area contributed by atoms with Crippen LogP contribution in [0, 0.1) is 0 Å². The molecule has 2 heterocycles. The third-order valence-corrected chi connectivity index (χ3v) is 6.38. The Morgan fingerprint density at radius 1 is 1.06 bits per heavy atom. The first kappa shape index (κ1) is 23.5. The Balaban J connectivity index is 1.73. The van der Waals surface area contributed by atoms with Crippen molar-refractivity contribution in [3.8, 4) is 5.75 Å². The van der Waals surface area contributed by atoms with Crippen LogP contribution in [-0.4, -0.2) is 58.6 Å². The number of aromatic nitrogens is 4. The van der Waals surface area contributed by atoms with Crippen LogP contribution in [0.25, 0.3) is 11.0 Å². The molecule has 34 heavy (non-hydrogen) atoms. The van der Waals surface area contributed by atoms with Gasteiger partial charge in [0.2, 0.25) is 0 Å². The average Bonchev–Trinajstić information content (AvgIpc) is 3.22. The summed E-state index contributed by atoms with van der Waals surface area (Å²) in [7, 11) is 1.72. The molecular weight excluding hydrogens is 454 g/mol. The van der Waals surface area contributed by atoms with Crippen molar-refractivity contribution in [2.24, 2.45) is 7.05 Å². The first-order valence-electron chi connectivity index (χ1n) is 10.7. The fourth-order valence-electron chi connectivity index (χ4n) is 3.48. The van der Waals surface area contributed by atoms with Crippen LogP contribution in [0.2, 0.25) is 0 Å². The van der Waals surface area contributed by atoms with E-state index in [2.05, 4.69) is 29.9 Å². The molecule has 0 saturated heterocycles. The number of hydrogen-bond acceptors (Lipinski definition) is 8. The summed E-state index contributed by atoms with van der Waals surface area (Å²) in [6.07, 6.45) is 4.49. The highest BCUT2D eigenvalue weighted by atomic mass is 32.2. The van der Waals surface area contributed by atoms with E-state index in [1.54, 1.807) is 41.9 Å². The molecule has 0 aliphatic rings. The molecule has 2 aromatic heterocycles. The van der Waals surface area contributed by atoms with Crippen molar-refractivity contribution >= 4 is 38.4 Å². The van der Waals surface area contributed by atoms with Crippen LogP contribution in [0.4, 0.5) is 17.3 Å². The van der Waals surface area contributed by atoms with Crippen LogP contribution in [0.3, 0.4) is 0 Å². The number of aromatic hydroxyl groups is 1. The van der Waals surface area contributed by atoms with Crippen LogP contribution < -0.4 is 10.0 Å². The van der Waals surface area contributed by atoms with E-state index in [4.69, 9.17) is 0 Å². The molecule has 0 fully saturated rings. The van der Waals surface area contributed by atoms with Gasteiger partial charge in [-0.25, -0.2) is 15.0 Å². The van der Waals surface area contributed by atoms with E-state index in [0.717, 1.165) is 24.9 Å². The quantitative estimate of drug-likeness (QED) is 0.333. The van der Waals surface area contributed by atoms with Crippen LogP contribution in [0.15, 0.2) is 60.0 Å². The number of aryl methyl sites for hydroxylation is 2. The number of nitrogens with zero attached hydrogens (tertiary/aromatic N) is 5. The molecule has 178 valence electrons. The summed E-state index contributed by atoms with van der Waals surface area (Å²) in [4.78, 5) is 15.2. The highest BCUT2D eigenvalue weighted by Gasteiger charge is 2.21. The summed E-state index contributed by atoms with van der Waals surface area (Å²) in [5.41, 5.74) is 2.73. The number of benzene rings is 2. The van der Waals surface area contributed by atoms with Crippen LogP contribution in [-0.2, 0) is 23.5 Å². The second kappa shape index (κ2) is 9.65. The van der Waals surface area contributed by atoms with E-state index in [0.29, 0.717) is 16.7 Å². The maximum Gasteiger partial charge on any atom is 0.282 e. The van der Waals surface area contributed by atoms with E-state index >= 15 is 0 Å². The molecule has 4 rings (SSSR count). The predicted molar refractivity (Wildman–Crippen MR) is 132 cm³/mol. The van der Waals surface area contributed by atoms with Crippen molar-refractivity contribution in [2.45, 2.75) is 17.9 Å². The fourth-order valence-corrected chi connectivity index (χ4v) is 4.47. The smallest absolute Gasteiger partial charge is 0.282 e. The molecule has 0 amide bonds. The first-order chi connectivity index (χ1) is 16.2. The lowest BCUT2D eigenvalue weighted by atomic mass is 10.1. The monoisotopic (exact) mass is 481 g/mol. The minimum atomic E-state index is -4.00. The van der Waals surface area contributed by atoms with E-state index in [1.165, 1.54) is 12.5 Å². The Hall–Kier alpha value is -3.70. The third kappa shape index (κ3) is 5.43. The van der Waals surface area contributed by atoms with Crippen molar-refractivity contribution in [3.05, 3.63) is 60.6 Å². The van der Waals surface area contributed by atoms with Crippen molar-refractivity contribution in [1.82, 2.24) is 24.4 Å². The zero-order chi connectivity index (χ0) is 24.3. The average molecular weight is 482 g/mol. The molecule has 2 aromatic carbocycles. The molecule has 0 aliphatic heterocycles. The summed E-state index contributed by atoms with van der Waals surface area (Å²) >= 11 is 0. The summed E-state index contributed by atoms with van der Waals surface area (Å²) in [6, 6.07) is 12.3. The number of para-hydroxylation sites is 2. The molecule has 0 spiro atoms. The zero-order valence-electron chi connectivity index (χ0n) is 19.2. The number of anilines is 3. The van der Waals surface area contributed by atoms with E-state index in [1.807, 2.05) is 26.2 Å². The number of phenols is 1. The number of hydrogen-bond donors (Lipinski definition) is 3. The molecule has 0 radical (unpaired) electrons. The number of rotatable bonds is 9. The Morgan fingerprint density at radius 2 is 1.76 bits per heavy atom. The Bertz CT molecular complexity index is 1420. The zero-order valence-corrected chi connectivity index (χ0v) is 20.0. The molecule has 0 bridgehead atoms. The molecule has 11 heteroatoms. The summed E-state index contributed by atoms with van der Waals surface area (Å²) in [6.45, 7) is 0.908. The van der Waals surface area contributed by atoms with Gasteiger partial charge < -0.3 is 19.9 Å². The number of sulfonamides is 1. The maximum absolute atomic E-state index is 13.0. The van der Waals surface area contributed by atoms with Gasteiger partial charge in [-0.15, -0.1) is 0 Å². The number of nitrogens with one attached hydrogen (secondary N) is 2. The van der Waals surface area contributed by atoms with Gasteiger partial charge in [-0.05, 0) is 57.2 Å². The van der Waals surface area contributed by atoms with Gasteiger partial charge in [0.05, 0.1) is 17.4 Å². The molecular formula is C23H27N7O3S. The minimum Gasteiger partial charge on any atom is -0.508 e. The molecule has 10 nitrogen and oxygen atoms in total. The normalized spacial score (nSPS) is 11.8. The largest absolute Gasteiger partial charge is 0.508 e. The van der Waals surface area contributed by atoms with Crippen molar-refractivity contribution in [3.63, 3.8) is 0 Å². The molecule has 0 unspecified atom stereocenters. The highest BCUT2D eigenvalue weighted by Crippen LogP contribution is 2.30. The van der Waals surface area contributed by atoms with Crippen LogP contribution >= 0.6 is 0 Å². The topological polar surface area (TPSA) is 125 Å². The number of fused-ring (bicyclic) bond motifs is 1. The standard InChI is InChI=1S/C23H27N7O3S/c1-29(2)12-6-7-16-10-11-17(31)13-20(16)27-22-23(26-19-9-5-4-8-18(19)25-22)28-34(32,33)21-14-30(3)15-24-21/h4-5,8-11,13-15,31H,6-7,12H2,1-3H3,(H,25,27)(H,26,28). The fraction of sp³-hybridized carbons (Fsp3) is 0.261. The van der Waals surface area contributed by atoms with Gasteiger partial charge in [0.25, 0.3) is 10.0 Å². The second-order valence-electron chi connectivity index (χ2n) is 8.27. The number of phenolic OH excluding ortho intramolecular Hbond substituents is 1. The molecule has 0 saturated carbocycles. The van der Waals surface area contributed by atoms with Gasteiger partial charge in [-0.3, -0.25) is 4.72 Å². The lowest BCUT2D eigenvalue weighted by Gasteiger charge is -2.16. The maximum atomic E-state index is 13.0. The van der Waals surface area contributed by atoms with Crippen molar-refractivity contribution < 1.29 is 13.5 Å². The Morgan fingerprint density at radius 3 is 2.41 bits per heavy atom. The van der Waals surface area contributed by atoms with Crippen LogP contribution in [0.1, 0.15) is 12.0 Å². The molecule has 4 aromatic rings. The Kier molecular flexibility index (Phi) is 6.66. The van der Waals surface area contributed by atoms with Gasteiger partial charge in [-0.1, -0.05) is 18.2 Å². The lowest BCUT2D eigenvalue weighted by Crippen LogP contribution is -2.16. The SMILES string of the molecule is CN(C)CCCc1ccc(O)cc1Nc1nc2ccccc2nc1NS(=O)(=O)c1cn(C)cn1. The van der Waals surface area contributed by atoms with Gasteiger partial charge in [-0.2, -0.15) is 8.42 Å². The minimum absolute atomic E-state index is 0.0342. The van der Waals surface area contributed by atoms with E-state index in [-0.39, 0.29) is 22.4 Å². The van der Waals surface area contributed by atoms with Crippen LogP contribution in [0.5, 0.6) is 5.75 Å². The Labute approximate surface area is 198 Å². The molecule has 3 N–H and O–H groups in total. The highest BCUT2D eigenvalue weighted by molar-refractivity contribution is 7.92. The second-order valence-corrected chi connectivity index (χ2v) is 9.89. The third-order valence-electron chi connectivity index (χ3n) is 5.16. The van der Waals surface area contributed by atoms with Gasteiger partial charge >= 0.3 is 0 Å². The summed E-state index contributed by atoms with van der Waals surface area (Å²) in [5.74, 6) is 0.341. The van der Waals surface area contributed by atoms with E-state index in [9.17, 15) is 13.5 Å². The predicted octanol–water partition coefficient (Wildman–Crippen LogP) is 3.11. The lowest BCUT2D eigenvalue weighted by molar-refractivity contribution is 0.400. The van der Waals surface area contributed by atoms with Gasteiger partial charge in [0.1, 0.15) is 5.75 Å². The van der Waals surface area contributed by atoms with E-state index < -0.39 is 10.0 Å². The van der Waals surface area contributed by atoms with Crippen molar-refractivity contribution in [1.29, 1.82) is 0 Å². The van der Waals surface area contributed by atoms with Gasteiger partial charge in [0.15, 0.2) is 16.7 Å².